The average molecular weight is 973 g/mol. The van der Waals surface area contributed by atoms with Gasteiger partial charge in [0.1, 0.15) is 37.4 Å². The predicted molar refractivity (Wildman–Crippen MR) is 255 cm³/mol. The fourth-order valence-corrected chi connectivity index (χ4v) is 13.6. The largest absolute Gasteiger partial charge is 0.493 e. The number of benzene rings is 4. The number of carbonyl (C=O) groups is 3. The Balaban J connectivity index is 1.27. The number of esters is 2. The molecule has 4 aromatic rings. The summed E-state index contributed by atoms with van der Waals surface area (Å²) in [5.74, 6) is 0.212. The monoisotopic (exact) mass is 972 g/mol. The van der Waals surface area contributed by atoms with E-state index in [9.17, 15) is 10.1 Å². The van der Waals surface area contributed by atoms with Crippen LogP contribution in [0.5, 0.6) is 40.2 Å². The van der Waals surface area contributed by atoms with Crippen LogP contribution in [0.4, 0.5) is 4.39 Å². The molecule has 0 N–H and O–H groups in total. The Morgan fingerprint density at radius 3 is 2.44 bits per heavy atom. The quantitative estimate of drug-likeness (QED) is 0.0879. The number of nitriles is 1. The van der Waals surface area contributed by atoms with Gasteiger partial charge in [-0.1, -0.05) is 37.4 Å². The molecule has 364 valence electrons. The maximum absolute atomic E-state index is 15.9. The van der Waals surface area contributed by atoms with E-state index in [1.54, 1.807) is 25.3 Å². The first-order chi connectivity index (χ1) is 33.8. The van der Waals surface area contributed by atoms with E-state index < -0.39 is 58.6 Å². The molecular formula is C53H53FN4O11S. The molecule has 4 bridgehead atoms. The summed E-state index contributed by atoms with van der Waals surface area (Å²) in [7, 11) is 5.11. The first-order valence-corrected chi connectivity index (χ1v) is 24.2. The highest BCUT2D eigenvalue weighted by atomic mass is 32.2. The molecule has 7 heterocycles. The molecule has 0 aromatic heterocycles. The third kappa shape index (κ3) is 7.08. The van der Waals surface area contributed by atoms with Crippen molar-refractivity contribution in [2.45, 2.75) is 74.6 Å². The third-order valence-electron chi connectivity index (χ3n) is 14.6. The molecule has 0 unspecified atom stereocenters. The summed E-state index contributed by atoms with van der Waals surface area (Å²) in [5, 5.41) is 10.7. The number of methoxy groups -OCH3 is 2. The number of aryl methyl sites for hydroxylation is 1. The number of hydrogen-bond donors (Lipinski definition) is 0. The zero-order valence-corrected chi connectivity index (χ0v) is 40.6. The summed E-state index contributed by atoms with van der Waals surface area (Å²) < 4.78 is 65.1. The lowest BCUT2D eigenvalue weighted by atomic mass is 9.71. The lowest BCUT2D eigenvalue weighted by molar-refractivity contribution is -0.162. The molecule has 0 radical (unpaired) electrons. The minimum Gasteiger partial charge on any atom is -0.493 e. The lowest BCUT2D eigenvalue weighted by Crippen LogP contribution is -2.69. The van der Waals surface area contributed by atoms with Crippen molar-refractivity contribution >= 4 is 29.6 Å². The topological polar surface area (TPSA) is 159 Å². The summed E-state index contributed by atoms with van der Waals surface area (Å²) in [4.78, 5) is 50.2. The standard InChI is InChI=1S/C53H53FN4O11S/c1-9-16-64-39-21-30-14-15-57(51(60)31-12-11-13-33(54)19-31)53(34(30)22-38(39)62-7)25-70-50-42-41(49-47(67-26-68-49)28(4)46(42)69-29(5)59)37(24-66-52(53)61)58-36(23-55)35-20-32-18-27(3)45(63-8)48(65-17-10-2)40(32)43(44(50)58)56(35)6/h9-13,18-19,21-22,35-37,43-44,50H,1-2,14-17,20,24-26H2,3-8H3/t35-,36-,37-,43-,44+,50+,53+/m0/s1. The van der Waals surface area contributed by atoms with Crippen LogP contribution in [-0.2, 0) is 32.7 Å². The van der Waals surface area contributed by atoms with Crippen molar-refractivity contribution in [3.63, 3.8) is 0 Å². The number of thioether (sulfide) groups is 1. The molecule has 15 nitrogen and oxygen atoms in total. The van der Waals surface area contributed by atoms with Gasteiger partial charge in [0, 0.05) is 59.1 Å². The lowest BCUT2D eigenvalue weighted by Gasteiger charge is -2.62. The maximum Gasteiger partial charge on any atom is 0.337 e. The van der Waals surface area contributed by atoms with Gasteiger partial charge in [-0.15, -0.1) is 11.8 Å². The molecule has 11 rings (SSSR count). The van der Waals surface area contributed by atoms with Crippen molar-refractivity contribution in [2.75, 3.05) is 60.2 Å². The van der Waals surface area contributed by atoms with Crippen LogP contribution in [0.3, 0.4) is 0 Å². The van der Waals surface area contributed by atoms with Gasteiger partial charge in [-0.25, -0.2) is 9.18 Å². The van der Waals surface area contributed by atoms with E-state index >= 15 is 14.0 Å². The number of amides is 1. The SMILES string of the molecule is C=CCOc1cc2c(cc1OC)[C@@]1(CS[C@@H]3c4c(OC(C)=O)c(C)c5c(c4[C@H](COC1=O)N1[C@@H]3[C@@H]3c4c(cc(C)c(OC)c4OCC=C)C[C@@H]([C@@H]1C#N)N3C)OCO5)N(C(=O)c1cccc(F)c1)CC2. The highest BCUT2D eigenvalue weighted by Gasteiger charge is 2.63. The normalized spacial score (nSPS) is 25.0. The van der Waals surface area contributed by atoms with Crippen LogP contribution >= 0.6 is 11.8 Å². The van der Waals surface area contributed by atoms with Gasteiger partial charge in [0.2, 0.25) is 6.79 Å². The van der Waals surface area contributed by atoms with Gasteiger partial charge in [-0.2, -0.15) is 5.26 Å². The van der Waals surface area contributed by atoms with E-state index in [-0.39, 0.29) is 56.3 Å². The Morgan fingerprint density at radius 2 is 1.73 bits per heavy atom. The molecule has 1 spiro atoms. The second kappa shape index (κ2) is 18.2. The molecule has 7 aliphatic rings. The Labute approximate surface area is 409 Å². The first-order valence-electron chi connectivity index (χ1n) is 23.1. The van der Waals surface area contributed by atoms with Crippen LogP contribution in [0.2, 0.25) is 0 Å². The molecule has 70 heavy (non-hydrogen) atoms. The fourth-order valence-electron chi connectivity index (χ4n) is 11.9. The average Bonchev–Trinajstić information content (AvgIpc) is 3.84. The number of nitrogens with zero attached hydrogens (tertiary/aromatic N) is 4. The van der Waals surface area contributed by atoms with Crippen molar-refractivity contribution in [1.29, 1.82) is 5.26 Å². The Hall–Kier alpha value is -6.74. The second-order valence-electron chi connectivity index (χ2n) is 18.2. The number of fused-ring (bicyclic) bond motifs is 9. The number of halogens is 1. The smallest absolute Gasteiger partial charge is 0.337 e. The van der Waals surface area contributed by atoms with Crippen molar-refractivity contribution in [2.24, 2.45) is 0 Å². The van der Waals surface area contributed by atoms with Crippen molar-refractivity contribution in [3.05, 3.63) is 124 Å². The van der Waals surface area contributed by atoms with Crippen molar-refractivity contribution in [1.82, 2.24) is 14.7 Å². The third-order valence-corrected chi connectivity index (χ3v) is 16.1. The van der Waals surface area contributed by atoms with Crippen LogP contribution in [0.1, 0.15) is 79.1 Å². The highest BCUT2D eigenvalue weighted by Crippen LogP contribution is 2.65. The number of carbonyl (C=O) groups excluding carboxylic acids is 3. The highest BCUT2D eigenvalue weighted by molar-refractivity contribution is 7.99. The minimum atomic E-state index is -1.87. The van der Waals surface area contributed by atoms with Gasteiger partial charge in [0.05, 0.1) is 37.6 Å². The molecule has 1 amide bonds. The van der Waals surface area contributed by atoms with E-state index in [0.29, 0.717) is 75.2 Å². The maximum atomic E-state index is 15.9. The van der Waals surface area contributed by atoms with Crippen molar-refractivity contribution < 1.29 is 56.7 Å². The number of ether oxygens (including phenoxy) is 8. The zero-order valence-electron chi connectivity index (χ0n) is 39.8. The van der Waals surface area contributed by atoms with E-state index in [1.807, 2.05) is 27.0 Å². The summed E-state index contributed by atoms with van der Waals surface area (Å²) in [5.41, 5.74) is 3.74. The zero-order chi connectivity index (χ0) is 49.3. The number of likely N-dealkylation sites (N-methyl/N-ethyl adjacent to an activating group) is 1. The number of hydrogen-bond acceptors (Lipinski definition) is 15. The minimum absolute atomic E-state index is 0.0426. The first kappa shape index (κ1) is 47.0. The Morgan fingerprint density at radius 1 is 0.957 bits per heavy atom. The molecule has 2 fully saturated rings. The van der Waals surface area contributed by atoms with Crippen LogP contribution in [0.15, 0.2) is 67.8 Å². The molecule has 0 saturated carbocycles. The molecular weight excluding hydrogens is 920 g/mol. The van der Waals surface area contributed by atoms with Crippen LogP contribution in [0, 0.1) is 31.0 Å². The van der Waals surface area contributed by atoms with Gasteiger partial charge in [-0.05, 0) is 86.3 Å². The molecule has 2 saturated heterocycles. The van der Waals surface area contributed by atoms with Gasteiger partial charge in [0.15, 0.2) is 40.0 Å². The molecule has 0 aliphatic carbocycles. The summed E-state index contributed by atoms with van der Waals surface area (Å²) in [6.07, 6.45) is 4.07. The molecule has 7 aliphatic heterocycles. The van der Waals surface area contributed by atoms with Gasteiger partial charge in [-0.3, -0.25) is 19.4 Å². The fraction of sp³-hybridized carbons (Fsp3) is 0.396. The Bertz CT molecular complexity index is 2920. The van der Waals surface area contributed by atoms with Crippen LogP contribution in [-0.4, -0.2) is 111 Å². The molecule has 17 heteroatoms. The van der Waals surface area contributed by atoms with Crippen LogP contribution < -0.4 is 33.2 Å². The van der Waals surface area contributed by atoms with Gasteiger partial charge in [0.25, 0.3) is 5.91 Å². The Kier molecular flexibility index (Phi) is 12.2. The summed E-state index contributed by atoms with van der Waals surface area (Å²) in [6, 6.07) is 10.5. The molecule has 7 atom stereocenters. The van der Waals surface area contributed by atoms with E-state index in [1.165, 1.54) is 48.9 Å². The van der Waals surface area contributed by atoms with Gasteiger partial charge >= 0.3 is 11.9 Å². The molecule has 4 aromatic carbocycles. The number of piperazine rings is 1. The van der Waals surface area contributed by atoms with Crippen molar-refractivity contribution in [3.8, 4) is 46.3 Å². The van der Waals surface area contributed by atoms with Crippen LogP contribution in [0.25, 0.3) is 0 Å². The summed E-state index contributed by atoms with van der Waals surface area (Å²) in [6.45, 7) is 12.8. The van der Waals surface area contributed by atoms with E-state index in [4.69, 9.17) is 37.9 Å². The van der Waals surface area contributed by atoms with Gasteiger partial charge < -0.3 is 42.8 Å². The predicted octanol–water partition coefficient (Wildman–Crippen LogP) is 7.40. The second-order valence-corrected chi connectivity index (χ2v) is 19.4. The summed E-state index contributed by atoms with van der Waals surface area (Å²) >= 11 is 1.37. The van der Waals surface area contributed by atoms with E-state index in [2.05, 4.69) is 35.1 Å². The number of rotatable bonds is 10. The van der Waals surface area contributed by atoms with E-state index in [0.717, 1.165) is 22.8 Å².